The van der Waals surface area contributed by atoms with Gasteiger partial charge < -0.3 is 15.5 Å². The summed E-state index contributed by atoms with van der Waals surface area (Å²) in [7, 11) is 0. The molecule has 0 aromatic heterocycles. The SMILES string of the molecule is C=CC[C@]1(O)C[C@H]2[C@@H]3CC=C4C[C@@H](O)CC[C@]4(C)[C@H]3CC[C@]2(CCNC(=O)c2ccc(F)cc2)C1. The Kier molecular flexibility index (Phi) is 6.46. The number of rotatable bonds is 6. The number of aliphatic hydroxyl groups excluding tert-OH is 1. The lowest BCUT2D eigenvalue weighted by atomic mass is 9.47. The van der Waals surface area contributed by atoms with Crippen LogP contribution in [0.3, 0.4) is 0 Å². The maximum Gasteiger partial charge on any atom is 0.251 e. The Hall–Kier alpha value is -1.98. The highest BCUT2D eigenvalue weighted by Crippen LogP contribution is 2.67. The smallest absolute Gasteiger partial charge is 0.251 e. The summed E-state index contributed by atoms with van der Waals surface area (Å²) in [5.41, 5.74) is 1.36. The number of hydrogen-bond acceptors (Lipinski definition) is 3. The zero-order chi connectivity index (χ0) is 24.8. The van der Waals surface area contributed by atoms with Gasteiger partial charge in [0.1, 0.15) is 5.82 Å². The molecule has 5 rings (SSSR count). The predicted molar refractivity (Wildman–Crippen MR) is 135 cm³/mol. The van der Waals surface area contributed by atoms with E-state index < -0.39 is 5.60 Å². The Bertz CT molecular complexity index is 1010. The van der Waals surface area contributed by atoms with Crippen molar-refractivity contribution in [3.63, 3.8) is 0 Å². The molecule has 0 unspecified atom stereocenters. The fourth-order valence-corrected chi connectivity index (χ4v) is 8.61. The summed E-state index contributed by atoms with van der Waals surface area (Å²) in [6, 6.07) is 5.66. The average Bonchev–Trinajstić information content (AvgIpc) is 3.12. The number of aliphatic hydroxyl groups is 2. The Morgan fingerprint density at radius 3 is 2.74 bits per heavy atom. The highest BCUT2D eigenvalue weighted by molar-refractivity contribution is 5.94. The lowest BCUT2D eigenvalue weighted by molar-refractivity contribution is -0.0459. The number of benzene rings is 1. The Labute approximate surface area is 208 Å². The molecule has 0 bridgehead atoms. The van der Waals surface area contributed by atoms with Crippen LogP contribution in [0.5, 0.6) is 0 Å². The van der Waals surface area contributed by atoms with Crippen LogP contribution in [0.2, 0.25) is 0 Å². The first-order valence-electron chi connectivity index (χ1n) is 13.4. The van der Waals surface area contributed by atoms with Gasteiger partial charge >= 0.3 is 0 Å². The molecular weight excluding hydrogens is 441 g/mol. The maximum absolute atomic E-state index is 13.2. The number of nitrogens with one attached hydrogen (secondary N) is 1. The van der Waals surface area contributed by atoms with Gasteiger partial charge in [0, 0.05) is 12.1 Å². The van der Waals surface area contributed by atoms with E-state index in [1.54, 1.807) is 0 Å². The summed E-state index contributed by atoms with van der Waals surface area (Å²) < 4.78 is 13.2. The van der Waals surface area contributed by atoms with Crippen molar-refractivity contribution >= 4 is 5.91 Å². The standard InChI is InChI=1S/C30H40FNO3/c1-3-12-30(35)18-26-24-9-6-21-17-23(33)10-13-28(21,2)25(24)11-14-29(26,19-30)15-16-32-27(34)20-4-7-22(31)8-5-20/h3-8,23-26,33,35H,1,9-19H2,2H3,(H,32,34)/t23-,24+,25-,26-,28-,29-,30-/m0/s1. The topological polar surface area (TPSA) is 69.6 Å². The molecule has 1 aromatic rings. The van der Waals surface area contributed by atoms with Crippen LogP contribution in [0.25, 0.3) is 0 Å². The highest BCUT2D eigenvalue weighted by atomic mass is 19.1. The fraction of sp³-hybridized carbons (Fsp3) is 0.633. The van der Waals surface area contributed by atoms with E-state index in [0.29, 0.717) is 36.3 Å². The van der Waals surface area contributed by atoms with Gasteiger partial charge in [-0.2, -0.15) is 0 Å². The molecule has 1 aromatic carbocycles. The molecule has 7 atom stereocenters. The van der Waals surface area contributed by atoms with E-state index in [0.717, 1.165) is 57.8 Å². The maximum atomic E-state index is 13.2. The summed E-state index contributed by atoms with van der Waals surface area (Å²) >= 11 is 0. The predicted octanol–water partition coefficient (Wildman–Crippen LogP) is 5.56. The van der Waals surface area contributed by atoms with E-state index in [-0.39, 0.29) is 28.7 Å². The van der Waals surface area contributed by atoms with Crippen molar-refractivity contribution in [2.75, 3.05) is 6.54 Å². The van der Waals surface area contributed by atoms with Crippen molar-refractivity contribution in [2.45, 2.75) is 82.8 Å². The van der Waals surface area contributed by atoms with Crippen LogP contribution in [-0.2, 0) is 0 Å². The van der Waals surface area contributed by atoms with Crippen LogP contribution in [0, 0.1) is 34.4 Å². The molecule has 0 spiro atoms. The summed E-state index contributed by atoms with van der Waals surface area (Å²) in [5.74, 6) is 1.01. The van der Waals surface area contributed by atoms with Gasteiger partial charge in [0.2, 0.25) is 0 Å². The van der Waals surface area contributed by atoms with Gasteiger partial charge in [0.15, 0.2) is 0 Å². The van der Waals surface area contributed by atoms with Crippen LogP contribution in [0.4, 0.5) is 4.39 Å². The van der Waals surface area contributed by atoms with Crippen molar-refractivity contribution in [1.82, 2.24) is 5.32 Å². The summed E-state index contributed by atoms with van der Waals surface area (Å²) in [5, 5.41) is 24.9. The average molecular weight is 482 g/mol. The molecule has 4 aliphatic rings. The number of carbonyl (C=O) groups excluding carboxylic acids is 1. The van der Waals surface area contributed by atoms with Gasteiger partial charge in [-0.3, -0.25) is 4.79 Å². The van der Waals surface area contributed by atoms with Gasteiger partial charge in [-0.05, 0) is 117 Å². The zero-order valence-electron chi connectivity index (χ0n) is 20.9. The first-order chi connectivity index (χ1) is 16.7. The third kappa shape index (κ3) is 4.40. The molecule has 3 N–H and O–H groups in total. The summed E-state index contributed by atoms with van der Waals surface area (Å²) in [4.78, 5) is 12.6. The molecule has 1 amide bonds. The molecule has 5 heteroatoms. The number of allylic oxidation sites excluding steroid dienone is 1. The summed E-state index contributed by atoms with van der Waals surface area (Å²) in [6.07, 6.45) is 13.0. The molecule has 4 nitrogen and oxygen atoms in total. The molecule has 0 radical (unpaired) electrons. The second-order valence-electron chi connectivity index (χ2n) is 12.2. The lowest BCUT2D eigenvalue weighted by Gasteiger charge is -2.57. The van der Waals surface area contributed by atoms with E-state index >= 15 is 0 Å². The van der Waals surface area contributed by atoms with Crippen molar-refractivity contribution in [3.05, 3.63) is 60.0 Å². The molecule has 3 saturated carbocycles. The highest BCUT2D eigenvalue weighted by Gasteiger charge is 2.61. The van der Waals surface area contributed by atoms with E-state index in [9.17, 15) is 19.4 Å². The van der Waals surface area contributed by atoms with E-state index in [2.05, 4.69) is 24.9 Å². The molecule has 190 valence electrons. The van der Waals surface area contributed by atoms with Gasteiger partial charge in [0.25, 0.3) is 5.91 Å². The first kappa shape index (κ1) is 24.7. The van der Waals surface area contributed by atoms with E-state index in [1.807, 2.05) is 6.08 Å². The van der Waals surface area contributed by atoms with Crippen LogP contribution < -0.4 is 5.32 Å². The molecule has 0 heterocycles. The van der Waals surface area contributed by atoms with Gasteiger partial charge in [0.05, 0.1) is 11.7 Å². The lowest BCUT2D eigenvalue weighted by Crippen LogP contribution is -2.50. The van der Waals surface area contributed by atoms with Crippen LogP contribution in [0.1, 0.15) is 81.5 Å². The Balaban J connectivity index is 1.36. The molecule has 4 aliphatic carbocycles. The first-order valence-corrected chi connectivity index (χ1v) is 13.4. The van der Waals surface area contributed by atoms with Crippen LogP contribution in [0.15, 0.2) is 48.6 Å². The van der Waals surface area contributed by atoms with Crippen molar-refractivity contribution in [2.24, 2.45) is 28.6 Å². The van der Waals surface area contributed by atoms with E-state index in [1.165, 1.54) is 29.8 Å². The second kappa shape index (κ2) is 9.15. The molecule has 35 heavy (non-hydrogen) atoms. The minimum absolute atomic E-state index is 0.00485. The second-order valence-corrected chi connectivity index (χ2v) is 12.2. The Morgan fingerprint density at radius 2 is 2.00 bits per heavy atom. The molecule has 0 saturated heterocycles. The third-order valence-corrected chi connectivity index (χ3v) is 10.2. The zero-order valence-corrected chi connectivity index (χ0v) is 20.9. The van der Waals surface area contributed by atoms with Crippen molar-refractivity contribution < 1.29 is 19.4 Å². The minimum Gasteiger partial charge on any atom is -0.393 e. The van der Waals surface area contributed by atoms with Crippen molar-refractivity contribution in [3.8, 4) is 0 Å². The molecule has 3 fully saturated rings. The normalized spacial score (nSPS) is 40.2. The van der Waals surface area contributed by atoms with Crippen LogP contribution in [-0.4, -0.2) is 34.4 Å². The molecule has 0 aliphatic heterocycles. The quantitative estimate of drug-likeness (QED) is 0.466. The fourth-order valence-electron chi connectivity index (χ4n) is 8.61. The number of carbonyl (C=O) groups is 1. The monoisotopic (exact) mass is 481 g/mol. The number of fused-ring (bicyclic) bond motifs is 5. The van der Waals surface area contributed by atoms with Crippen molar-refractivity contribution in [1.29, 1.82) is 0 Å². The molecular formula is C30H40FNO3. The minimum atomic E-state index is -0.726. The number of hydrogen-bond donors (Lipinski definition) is 3. The van der Waals surface area contributed by atoms with Gasteiger partial charge in [-0.1, -0.05) is 24.6 Å². The largest absolute Gasteiger partial charge is 0.393 e. The van der Waals surface area contributed by atoms with Gasteiger partial charge in [-0.15, -0.1) is 6.58 Å². The van der Waals surface area contributed by atoms with Crippen LogP contribution >= 0.6 is 0 Å². The van der Waals surface area contributed by atoms with E-state index in [4.69, 9.17) is 0 Å². The third-order valence-electron chi connectivity index (χ3n) is 10.2. The summed E-state index contributed by atoms with van der Waals surface area (Å²) in [6.45, 7) is 6.88. The number of amides is 1. The number of halogens is 1. The van der Waals surface area contributed by atoms with Gasteiger partial charge in [-0.25, -0.2) is 4.39 Å². The Morgan fingerprint density at radius 1 is 1.23 bits per heavy atom.